The monoisotopic (exact) mass is 408 g/mol. The van der Waals surface area contributed by atoms with Gasteiger partial charge in [0.15, 0.2) is 5.82 Å². The number of carbonyl (C=O) groups excluding carboxylic acids is 1. The number of hydrogen-bond donors (Lipinski definition) is 0. The van der Waals surface area contributed by atoms with Crippen LogP contribution in [0.15, 0.2) is 24.3 Å². The zero-order valence-electron chi connectivity index (χ0n) is 14.2. The van der Waals surface area contributed by atoms with E-state index in [1.807, 2.05) is 24.3 Å². The first-order valence-electron chi connectivity index (χ1n) is 7.51. The van der Waals surface area contributed by atoms with Crippen molar-refractivity contribution in [1.29, 1.82) is 0 Å². The highest BCUT2D eigenvalue weighted by molar-refractivity contribution is 7.20. The summed E-state index contributed by atoms with van der Waals surface area (Å²) in [6.45, 7) is 1.79. The van der Waals surface area contributed by atoms with E-state index in [1.165, 1.54) is 18.4 Å². The van der Waals surface area contributed by atoms with Crippen LogP contribution in [-0.2, 0) is 4.74 Å². The Labute approximate surface area is 164 Å². The quantitative estimate of drug-likeness (QED) is 0.439. The Bertz CT molecular complexity index is 1010. The van der Waals surface area contributed by atoms with E-state index in [0.717, 1.165) is 11.3 Å². The highest BCUT2D eigenvalue weighted by atomic mass is 35.5. The average molecular weight is 409 g/mol. The third-order valence-corrected chi connectivity index (χ3v) is 5.46. The van der Waals surface area contributed by atoms with Gasteiger partial charge in [-0.2, -0.15) is 0 Å². The SMILES string of the molecule is COC(=O)c1sc2nc(/C(Cl)=C/c3ccc(OC)cc3)nc(Cl)c2c1C. The summed E-state index contributed by atoms with van der Waals surface area (Å²) in [5.74, 6) is 0.615. The Morgan fingerprint density at radius 3 is 2.50 bits per heavy atom. The number of methoxy groups -OCH3 is 2. The Morgan fingerprint density at radius 2 is 1.88 bits per heavy atom. The molecule has 0 atom stereocenters. The number of nitrogens with zero attached hydrogens (tertiary/aromatic N) is 2. The summed E-state index contributed by atoms with van der Waals surface area (Å²) in [6, 6.07) is 7.40. The van der Waals surface area contributed by atoms with Crippen molar-refractivity contribution < 1.29 is 14.3 Å². The van der Waals surface area contributed by atoms with Gasteiger partial charge in [0.2, 0.25) is 0 Å². The van der Waals surface area contributed by atoms with Gasteiger partial charge < -0.3 is 9.47 Å². The minimum atomic E-state index is -0.428. The number of esters is 1. The highest BCUT2D eigenvalue weighted by Gasteiger charge is 2.20. The third-order valence-electron chi connectivity index (χ3n) is 3.74. The van der Waals surface area contributed by atoms with Gasteiger partial charge in [0, 0.05) is 0 Å². The van der Waals surface area contributed by atoms with Crippen LogP contribution < -0.4 is 4.74 Å². The van der Waals surface area contributed by atoms with Crippen molar-refractivity contribution in [2.45, 2.75) is 6.92 Å². The van der Waals surface area contributed by atoms with Crippen molar-refractivity contribution in [1.82, 2.24) is 9.97 Å². The van der Waals surface area contributed by atoms with E-state index in [-0.39, 0.29) is 11.0 Å². The molecule has 2 heterocycles. The molecule has 5 nitrogen and oxygen atoms in total. The lowest BCUT2D eigenvalue weighted by atomic mass is 10.2. The number of ether oxygens (including phenoxy) is 2. The molecule has 3 aromatic rings. The largest absolute Gasteiger partial charge is 0.497 e. The van der Waals surface area contributed by atoms with Gasteiger partial charge in [0.1, 0.15) is 20.6 Å². The van der Waals surface area contributed by atoms with Crippen LogP contribution in [-0.4, -0.2) is 30.2 Å². The maximum Gasteiger partial charge on any atom is 0.348 e. The first-order chi connectivity index (χ1) is 12.4. The second kappa shape index (κ2) is 7.61. The van der Waals surface area contributed by atoms with E-state index in [2.05, 4.69) is 9.97 Å². The molecule has 1 aromatic carbocycles. The van der Waals surface area contributed by atoms with Crippen molar-refractivity contribution in [3.8, 4) is 5.75 Å². The van der Waals surface area contributed by atoms with Crippen LogP contribution in [0.2, 0.25) is 5.15 Å². The van der Waals surface area contributed by atoms with E-state index >= 15 is 0 Å². The van der Waals surface area contributed by atoms with Gasteiger partial charge in [-0.05, 0) is 36.3 Å². The molecule has 0 aliphatic carbocycles. The number of carbonyl (C=O) groups is 1. The third kappa shape index (κ3) is 3.53. The summed E-state index contributed by atoms with van der Waals surface area (Å²) >= 11 is 13.9. The highest BCUT2D eigenvalue weighted by Crippen LogP contribution is 2.35. The maximum atomic E-state index is 11.9. The summed E-state index contributed by atoms with van der Waals surface area (Å²) in [7, 11) is 2.94. The molecule has 0 amide bonds. The van der Waals surface area contributed by atoms with Gasteiger partial charge in [-0.25, -0.2) is 14.8 Å². The second-order valence-electron chi connectivity index (χ2n) is 5.33. The lowest BCUT2D eigenvalue weighted by molar-refractivity contribution is 0.0605. The number of fused-ring (bicyclic) bond motifs is 1. The number of aromatic nitrogens is 2. The molecule has 0 bridgehead atoms. The van der Waals surface area contributed by atoms with Crippen LogP contribution in [0.3, 0.4) is 0 Å². The molecule has 0 spiro atoms. The van der Waals surface area contributed by atoms with Crippen LogP contribution in [0.4, 0.5) is 0 Å². The molecule has 134 valence electrons. The molecule has 26 heavy (non-hydrogen) atoms. The number of aryl methyl sites for hydroxylation is 1. The average Bonchev–Trinajstić information content (AvgIpc) is 2.98. The van der Waals surface area contributed by atoms with Gasteiger partial charge in [0.25, 0.3) is 0 Å². The van der Waals surface area contributed by atoms with E-state index in [9.17, 15) is 4.79 Å². The Kier molecular flexibility index (Phi) is 5.46. The predicted octanol–water partition coefficient (Wildman–Crippen LogP) is 5.19. The van der Waals surface area contributed by atoms with Gasteiger partial charge in [-0.3, -0.25) is 0 Å². The minimum Gasteiger partial charge on any atom is -0.497 e. The predicted molar refractivity (Wildman–Crippen MR) is 105 cm³/mol. The van der Waals surface area contributed by atoms with E-state index in [0.29, 0.717) is 25.7 Å². The van der Waals surface area contributed by atoms with Crippen molar-refractivity contribution in [2.75, 3.05) is 14.2 Å². The van der Waals surface area contributed by atoms with Crippen LogP contribution in [0.25, 0.3) is 21.3 Å². The zero-order chi connectivity index (χ0) is 18.8. The second-order valence-corrected chi connectivity index (χ2v) is 7.10. The number of thiophene rings is 1. The van der Waals surface area contributed by atoms with Crippen LogP contribution in [0, 0.1) is 6.92 Å². The summed E-state index contributed by atoms with van der Waals surface area (Å²) < 4.78 is 9.93. The normalized spacial score (nSPS) is 11.7. The molecule has 0 saturated carbocycles. The standard InChI is InChI=1S/C18H14Cl2N2O3S/c1-9-13-15(20)21-16(22-17(13)26-14(9)18(23)25-3)12(19)8-10-4-6-11(24-2)7-5-10/h4-8H,1-3H3/b12-8-. The topological polar surface area (TPSA) is 61.3 Å². The fraction of sp³-hybridized carbons (Fsp3) is 0.167. The molecule has 0 radical (unpaired) electrons. The molecule has 0 aliphatic heterocycles. The summed E-state index contributed by atoms with van der Waals surface area (Å²) in [6.07, 6.45) is 1.74. The first kappa shape index (κ1) is 18.6. The molecule has 0 N–H and O–H groups in total. The number of rotatable bonds is 4. The molecule has 8 heteroatoms. The molecule has 3 rings (SSSR count). The molecule has 0 fully saturated rings. The number of halogens is 2. The minimum absolute atomic E-state index is 0.246. The maximum absolute atomic E-state index is 11.9. The van der Waals surface area contributed by atoms with Gasteiger partial charge >= 0.3 is 5.97 Å². The van der Waals surface area contributed by atoms with Crippen LogP contribution >= 0.6 is 34.5 Å². The van der Waals surface area contributed by atoms with Crippen molar-refractivity contribution in [3.63, 3.8) is 0 Å². The van der Waals surface area contributed by atoms with E-state index in [1.54, 1.807) is 20.1 Å². The molecule has 0 aliphatic rings. The Morgan fingerprint density at radius 1 is 1.19 bits per heavy atom. The Balaban J connectivity index is 2.04. The summed E-state index contributed by atoms with van der Waals surface area (Å²) in [5, 5.41) is 1.22. The van der Waals surface area contributed by atoms with Gasteiger partial charge in [-0.1, -0.05) is 35.3 Å². The van der Waals surface area contributed by atoms with E-state index < -0.39 is 5.97 Å². The van der Waals surface area contributed by atoms with Crippen LogP contribution in [0.5, 0.6) is 5.75 Å². The molecule has 0 saturated heterocycles. The van der Waals surface area contributed by atoms with Crippen molar-refractivity contribution in [3.05, 3.63) is 51.2 Å². The fourth-order valence-electron chi connectivity index (χ4n) is 2.40. The lowest BCUT2D eigenvalue weighted by Crippen LogP contribution is -1.99. The van der Waals surface area contributed by atoms with Crippen molar-refractivity contribution >= 4 is 61.8 Å². The smallest absolute Gasteiger partial charge is 0.348 e. The zero-order valence-corrected chi connectivity index (χ0v) is 16.5. The van der Waals surface area contributed by atoms with Crippen LogP contribution in [0.1, 0.15) is 26.6 Å². The summed E-state index contributed by atoms with van der Waals surface area (Å²) in [5.41, 5.74) is 1.57. The number of hydrogen-bond acceptors (Lipinski definition) is 6. The van der Waals surface area contributed by atoms with E-state index in [4.69, 9.17) is 32.7 Å². The van der Waals surface area contributed by atoms with Crippen molar-refractivity contribution in [2.24, 2.45) is 0 Å². The summed E-state index contributed by atoms with van der Waals surface area (Å²) in [4.78, 5) is 21.6. The molecule has 0 unspecified atom stereocenters. The lowest BCUT2D eigenvalue weighted by Gasteiger charge is -2.03. The molecule has 2 aromatic heterocycles. The molecular weight excluding hydrogens is 395 g/mol. The van der Waals surface area contributed by atoms with Gasteiger partial charge in [-0.15, -0.1) is 11.3 Å². The molecular formula is C18H14Cl2N2O3S. The first-order valence-corrected chi connectivity index (χ1v) is 9.08. The fourth-order valence-corrected chi connectivity index (χ4v) is 4.07. The number of benzene rings is 1. The van der Waals surface area contributed by atoms with Gasteiger partial charge in [0.05, 0.1) is 24.6 Å². The Hall–Kier alpha value is -2.15.